The van der Waals surface area contributed by atoms with Gasteiger partial charge in [-0.25, -0.2) is 0 Å². The number of benzene rings is 1. The van der Waals surface area contributed by atoms with E-state index in [-0.39, 0.29) is 12.5 Å². The summed E-state index contributed by atoms with van der Waals surface area (Å²) in [4.78, 5) is 16.1. The molecule has 0 N–H and O–H groups in total. The number of rotatable bonds is 6. The molecule has 10 heteroatoms. The van der Waals surface area contributed by atoms with Crippen LogP contribution in [0.5, 0.6) is 11.5 Å². The standard InChI is InChI=1S/C18H28N4O5S/c1-19-7-11-21(12-8-19)28(24,25)22-13-9-20(10-14-22)18(23)15-27-17-5-3-16(26-2)4-6-17/h3-6H,7-15H2,1-2H3. The molecule has 0 atom stereocenters. The van der Waals surface area contributed by atoms with Gasteiger partial charge in [-0.15, -0.1) is 0 Å². The molecule has 0 aliphatic carbocycles. The number of hydrogen-bond donors (Lipinski definition) is 0. The Balaban J connectivity index is 1.46. The molecular weight excluding hydrogens is 384 g/mol. The first-order valence-corrected chi connectivity index (χ1v) is 10.8. The summed E-state index contributed by atoms with van der Waals surface area (Å²) >= 11 is 0. The smallest absolute Gasteiger partial charge is 0.282 e. The van der Waals surface area contributed by atoms with Gasteiger partial charge in [-0.3, -0.25) is 4.79 Å². The van der Waals surface area contributed by atoms with E-state index >= 15 is 0 Å². The van der Waals surface area contributed by atoms with Crippen LogP contribution in [-0.4, -0.2) is 106 Å². The molecule has 2 fully saturated rings. The quantitative estimate of drug-likeness (QED) is 0.639. The number of piperazine rings is 2. The fourth-order valence-electron chi connectivity index (χ4n) is 3.26. The van der Waals surface area contributed by atoms with Crippen molar-refractivity contribution < 1.29 is 22.7 Å². The van der Waals surface area contributed by atoms with Crippen molar-refractivity contribution >= 4 is 16.1 Å². The van der Waals surface area contributed by atoms with Crippen LogP contribution >= 0.6 is 0 Å². The molecule has 2 aliphatic rings. The van der Waals surface area contributed by atoms with E-state index in [1.54, 1.807) is 36.3 Å². The Bertz CT molecular complexity index is 755. The van der Waals surface area contributed by atoms with Gasteiger partial charge < -0.3 is 19.3 Å². The zero-order valence-electron chi connectivity index (χ0n) is 16.4. The first-order valence-electron chi connectivity index (χ1n) is 9.38. The summed E-state index contributed by atoms with van der Waals surface area (Å²) < 4.78 is 39.2. The molecule has 9 nitrogen and oxygen atoms in total. The minimum Gasteiger partial charge on any atom is -0.497 e. The van der Waals surface area contributed by atoms with Gasteiger partial charge in [0, 0.05) is 52.4 Å². The van der Waals surface area contributed by atoms with Gasteiger partial charge in [-0.1, -0.05) is 0 Å². The highest BCUT2D eigenvalue weighted by Crippen LogP contribution is 2.18. The fraction of sp³-hybridized carbons (Fsp3) is 0.611. The van der Waals surface area contributed by atoms with E-state index in [1.807, 2.05) is 7.05 Å². The van der Waals surface area contributed by atoms with Gasteiger partial charge in [0.25, 0.3) is 16.1 Å². The molecule has 0 saturated carbocycles. The third-order valence-electron chi connectivity index (χ3n) is 5.13. The minimum atomic E-state index is -3.46. The zero-order valence-corrected chi connectivity index (χ0v) is 17.2. The van der Waals surface area contributed by atoms with Crippen molar-refractivity contribution in [1.82, 2.24) is 18.4 Å². The van der Waals surface area contributed by atoms with Crippen molar-refractivity contribution in [2.24, 2.45) is 0 Å². The number of nitrogens with zero attached hydrogens (tertiary/aromatic N) is 4. The Labute approximate surface area is 166 Å². The molecular formula is C18H28N4O5S. The monoisotopic (exact) mass is 412 g/mol. The highest BCUT2D eigenvalue weighted by atomic mass is 32.2. The van der Waals surface area contributed by atoms with Crippen molar-refractivity contribution in [3.8, 4) is 11.5 Å². The van der Waals surface area contributed by atoms with Crippen molar-refractivity contribution in [1.29, 1.82) is 0 Å². The van der Waals surface area contributed by atoms with Crippen LogP contribution in [0.2, 0.25) is 0 Å². The van der Waals surface area contributed by atoms with Crippen molar-refractivity contribution in [2.45, 2.75) is 0 Å². The third kappa shape index (κ3) is 4.93. The number of ether oxygens (including phenoxy) is 2. The van der Waals surface area contributed by atoms with Crippen molar-refractivity contribution in [3.05, 3.63) is 24.3 Å². The second kappa shape index (κ2) is 9.08. The molecule has 0 aromatic heterocycles. The molecule has 0 spiro atoms. The average molecular weight is 413 g/mol. The first-order chi connectivity index (χ1) is 13.4. The molecule has 2 aliphatic heterocycles. The van der Waals surface area contributed by atoms with Crippen molar-refractivity contribution in [3.63, 3.8) is 0 Å². The van der Waals surface area contributed by atoms with Crippen LogP contribution in [0.25, 0.3) is 0 Å². The molecule has 1 aromatic rings. The topological polar surface area (TPSA) is 82.6 Å². The molecule has 156 valence electrons. The second-order valence-electron chi connectivity index (χ2n) is 6.95. The lowest BCUT2D eigenvalue weighted by Gasteiger charge is -2.39. The summed E-state index contributed by atoms with van der Waals surface area (Å²) in [5.74, 6) is 1.16. The Morgan fingerprint density at radius 2 is 1.39 bits per heavy atom. The summed E-state index contributed by atoms with van der Waals surface area (Å²) in [6, 6.07) is 7.02. The summed E-state index contributed by atoms with van der Waals surface area (Å²) in [7, 11) is 0.114. The summed E-state index contributed by atoms with van der Waals surface area (Å²) in [5.41, 5.74) is 0. The highest BCUT2D eigenvalue weighted by Gasteiger charge is 2.34. The second-order valence-corrected chi connectivity index (χ2v) is 8.88. The SMILES string of the molecule is COc1ccc(OCC(=O)N2CCN(S(=O)(=O)N3CCN(C)CC3)CC2)cc1. The van der Waals surface area contributed by atoms with Gasteiger partial charge in [-0.2, -0.15) is 17.0 Å². The van der Waals surface area contributed by atoms with Gasteiger partial charge in [0.05, 0.1) is 7.11 Å². The number of methoxy groups -OCH3 is 1. The largest absolute Gasteiger partial charge is 0.497 e. The lowest BCUT2D eigenvalue weighted by atomic mass is 10.3. The van der Waals surface area contributed by atoms with Crippen LogP contribution in [0.3, 0.4) is 0 Å². The van der Waals surface area contributed by atoms with Gasteiger partial charge in [0.1, 0.15) is 11.5 Å². The molecule has 2 heterocycles. The highest BCUT2D eigenvalue weighted by molar-refractivity contribution is 7.86. The molecule has 1 amide bonds. The Hall–Kier alpha value is -1.88. The maximum absolute atomic E-state index is 12.8. The van der Waals surface area contributed by atoms with Gasteiger partial charge in [-0.05, 0) is 31.3 Å². The predicted molar refractivity (Wildman–Crippen MR) is 105 cm³/mol. The molecule has 0 unspecified atom stereocenters. The van der Waals surface area contributed by atoms with Gasteiger partial charge in [0.2, 0.25) is 0 Å². The van der Waals surface area contributed by atoms with Crippen LogP contribution in [0, 0.1) is 0 Å². The van der Waals surface area contributed by atoms with E-state index < -0.39 is 10.2 Å². The van der Waals surface area contributed by atoms with Gasteiger partial charge >= 0.3 is 0 Å². The molecule has 28 heavy (non-hydrogen) atoms. The van der Waals surface area contributed by atoms with Crippen LogP contribution in [0.15, 0.2) is 24.3 Å². The lowest BCUT2D eigenvalue weighted by molar-refractivity contribution is -0.134. The number of hydrogen-bond acceptors (Lipinski definition) is 6. The van der Waals surface area contributed by atoms with Crippen molar-refractivity contribution in [2.75, 3.05) is 73.1 Å². The van der Waals surface area contributed by atoms with E-state index in [1.165, 1.54) is 8.61 Å². The van der Waals surface area contributed by atoms with Gasteiger partial charge in [0.15, 0.2) is 6.61 Å². The fourth-order valence-corrected chi connectivity index (χ4v) is 4.83. The Morgan fingerprint density at radius 3 is 1.93 bits per heavy atom. The normalized spacial score (nSPS) is 20.1. The van der Waals surface area contributed by atoms with E-state index in [4.69, 9.17) is 9.47 Å². The first kappa shape index (κ1) is 20.8. The minimum absolute atomic E-state index is 0.0719. The Kier molecular flexibility index (Phi) is 6.76. The summed E-state index contributed by atoms with van der Waals surface area (Å²) in [6.07, 6.45) is 0. The number of amides is 1. The van der Waals surface area contributed by atoms with E-state index in [9.17, 15) is 13.2 Å². The van der Waals surface area contributed by atoms with E-state index in [0.29, 0.717) is 45.0 Å². The molecule has 3 rings (SSSR count). The summed E-state index contributed by atoms with van der Waals surface area (Å²) in [6.45, 7) is 3.78. The maximum Gasteiger partial charge on any atom is 0.282 e. The molecule has 0 bridgehead atoms. The third-order valence-corrected chi connectivity index (χ3v) is 7.16. The van der Waals surface area contributed by atoms with Crippen LogP contribution in [-0.2, 0) is 15.0 Å². The van der Waals surface area contributed by atoms with Crippen LogP contribution in [0.1, 0.15) is 0 Å². The predicted octanol–water partition coefficient (Wildman–Crippen LogP) is -0.290. The average Bonchev–Trinajstić information content (AvgIpc) is 2.73. The van der Waals surface area contributed by atoms with Crippen LogP contribution < -0.4 is 9.47 Å². The summed E-state index contributed by atoms with van der Waals surface area (Å²) in [5, 5.41) is 0. The Morgan fingerprint density at radius 1 is 0.893 bits per heavy atom. The number of carbonyl (C=O) groups excluding carboxylic acids is 1. The maximum atomic E-state index is 12.8. The zero-order chi connectivity index (χ0) is 20.1. The molecule has 2 saturated heterocycles. The number of carbonyl (C=O) groups is 1. The van der Waals surface area contributed by atoms with Crippen LogP contribution in [0.4, 0.5) is 0 Å². The van der Waals surface area contributed by atoms with E-state index in [0.717, 1.165) is 18.8 Å². The molecule has 0 radical (unpaired) electrons. The number of likely N-dealkylation sites (N-methyl/N-ethyl adjacent to an activating group) is 1. The van der Waals surface area contributed by atoms with E-state index in [2.05, 4.69) is 4.90 Å². The lowest BCUT2D eigenvalue weighted by Crippen LogP contribution is -2.57. The molecule has 1 aromatic carbocycles.